The van der Waals surface area contributed by atoms with E-state index >= 15 is 0 Å². The first kappa shape index (κ1) is 23.4. The Morgan fingerprint density at radius 3 is 2.55 bits per heavy atom. The molecule has 1 saturated heterocycles. The van der Waals surface area contributed by atoms with Gasteiger partial charge < -0.3 is 15.5 Å². The normalized spacial score (nSPS) is 19.7. The van der Waals surface area contributed by atoms with Crippen LogP contribution in [0.5, 0.6) is 0 Å². The third-order valence-corrected chi connectivity index (χ3v) is 5.46. The molecule has 29 heavy (non-hydrogen) atoms. The lowest BCUT2D eigenvalue weighted by atomic mass is 10.1. The number of halogens is 1. The fourth-order valence-corrected chi connectivity index (χ4v) is 3.92. The van der Waals surface area contributed by atoms with Gasteiger partial charge in [-0.3, -0.25) is 14.9 Å². The van der Waals surface area contributed by atoms with E-state index in [1.54, 1.807) is 12.1 Å². The maximum absolute atomic E-state index is 12.6. The van der Waals surface area contributed by atoms with Crippen LogP contribution in [0, 0.1) is 16.0 Å². The monoisotopic (exact) mass is 515 g/mol. The molecule has 0 bridgehead atoms. The summed E-state index contributed by atoms with van der Waals surface area (Å²) in [6.45, 7) is 4.70. The van der Waals surface area contributed by atoms with E-state index in [1.165, 1.54) is 25.0 Å². The Balaban J connectivity index is 0.00000300. The van der Waals surface area contributed by atoms with Crippen LogP contribution in [-0.4, -0.2) is 47.4 Å². The number of non-ortho nitro benzene ring substituents is 1. The minimum absolute atomic E-state index is 0. The highest BCUT2D eigenvalue weighted by molar-refractivity contribution is 14.0. The summed E-state index contributed by atoms with van der Waals surface area (Å²) >= 11 is 0. The van der Waals surface area contributed by atoms with Crippen molar-refractivity contribution >= 4 is 41.5 Å². The Kier molecular flexibility index (Phi) is 9.12. The van der Waals surface area contributed by atoms with Gasteiger partial charge in [0, 0.05) is 43.7 Å². The van der Waals surface area contributed by atoms with Crippen LogP contribution in [0.1, 0.15) is 44.6 Å². The number of aliphatic imine (C=N–C) groups is 1. The van der Waals surface area contributed by atoms with Gasteiger partial charge in [0.25, 0.3) is 5.69 Å². The molecule has 2 N–H and O–H groups in total. The highest BCUT2D eigenvalue weighted by atomic mass is 127. The van der Waals surface area contributed by atoms with Crippen LogP contribution in [0.25, 0.3) is 0 Å². The van der Waals surface area contributed by atoms with Crippen molar-refractivity contribution in [2.45, 2.75) is 51.6 Å². The molecule has 2 aliphatic rings. The number of nitro groups is 1. The molecule has 1 unspecified atom stereocenters. The lowest BCUT2D eigenvalue weighted by molar-refractivity contribution is -0.384. The summed E-state index contributed by atoms with van der Waals surface area (Å²) in [6, 6.07) is 6.63. The number of carbonyl (C=O) groups is 1. The molecule has 3 rings (SSSR count). The van der Waals surface area contributed by atoms with Gasteiger partial charge in [-0.05, 0) is 31.7 Å². The minimum atomic E-state index is -0.405. The lowest BCUT2D eigenvalue weighted by Crippen LogP contribution is -2.45. The van der Waals surface area contributed by atoms with Crippen molar-refractivity contribution in [2.24, 2.45) is 10.9 Å². The predicted molar refractivity (Wildman–Crippen MR) is 123 cm³/mol. The average molecular weight is 515 g/mol. The summed E-state index contributed by atoms with van der Waals surface area (Å²) in [7, 11) is 0. The number of likely N-dealkylation sites (tertiary alicyclic amines) is 1. The molecule has 0 spiro atoms. The topological polar surface area (TPSA) is 99.9 Å². The van der Waals surface area contributed by atoms with E-state index in [-0.39, 0.29) is 41.6 Å². The summed E-state index contributed by atoms with van der Waals surface area (Å²) in [5, 5.41) is 17.4. The van der Waals surface area contributed by atoms with Crippen LogP contribution in [0.3, 0.4) is 0 Å². The maximum atomic E-state index is 12.6. The second-order valence-electron chi connectivity index (χ2n) is 7.51. The SMILES string of the molecule is CCNC(=NCc1ccc([N+](=O)[O-])cc1)NC1CCN(C(=O)C2CCCC2)C1.I. The van der Waals surface area contributed by atoms with E-state index < -0.39 is 4.92 Å². The number of guanidine groups is 1. The van der Waals surface area contributed by atoms with Crippen LogP contribution in [-0.2, 0) is 11.3 Å². The molecule has 1 saturated carbocycles. The summed E-state index contributed by atoms with van der Waals surface area (Å²) in [5.41, 5.74) is 0.989. The van der Waals surface area contributed by atoms with Gasteiger partial charge in [0.15, 0.2) is 5.96 Å². The average Bonchev–Trinajstić information content (AvgIpc) is 3.38. The van der Waals surface area contributed by atoms with Crippen molar-refractivity contribution in [1.29, 1.82) is 0 Å². The number of hydrogen-bond acceptors (Lipinski definition) is 4. The van der Waals surface area contributed by atoms with E-state index in [0.717, 1.165) is 44.5 Å². The highest BCUT2D eigenvalue weighted by Gasteiger charge is 2.32. The molecule has 160 valence electrons. The van der Waals surface area contributed by atoms with Crippen molar-refractivity contribution < 1.29 is 9.72 Å². The first-order valence-electron chi connectivity index (χ1n) is 10.1. The van der Waals surface area contributed by atoms with Crippen molar-refractivity contribution in [1.82, 2.24) is 15.5 Å². The van der Waals surface area contributed by atoms with Gasteiger partial charge in [-0.15, -0.1) is 24.0 Å². The Morgan fingerprint density at radius 2 is 1.93 bits per heavy atom. The number of carbonyl (C=O) groups excluding carboxylic acids is 1. The van der Waals surface area contributed by atoms with E-state index in [1.807, 2.05) is 11.8 Å². The maximum Gasteiger partial charge on any atom is 0.269 e. The molecule has 8 nitrogen and oxygen atoms in total. The molecular weight excluding hydrogens is 485 g/mol. The molecule has 1 aliphatic heterocycles. The highest BCUT2D eigenvalue weighted by Crippen LogP contribution is 2.27. The summed E-state index contributed by atoms with van der Waals surface area (Å²) in [4.78, 5) is 29.5. The second-order valence-corrected chi connectivity index (χ2v) is 7.51. The summed E-state index contributed by atoms with van der Waals surface area (Å²) in [5.74, 6) is 1.25. The zero-order valence-corrected chi connectivity index (χ0v) is 19.1. The largest absolute Gasteiger partial charge is 0.357 e. The third-order valence-electron chi connectivity index (χ3n) is 5.46. The van der Waals surface area contributed by atoms with Crippen molar-refractivity contribution in [3.05, 3.63) is 39.9 Å². The quantitative estimate of drug-likeness (QED) is 0.200. The van der Waals surface area contributed by atoms with E-state index in [9.17, 15) is 14.9 Å². The molecular formula is C20H30IN5O3. The van der Waals surface area contributed by atoms with Gasteiger partial charge in [0.2, 0.25) is 5.91 Å². The van der Waals surface area contributed by atoms with Crippen LogP contribution >= 0.6 is 24.0 Å². The zero-order chi connectivity index (χ0) is 19.9. The van der Waals surface area contributed by atoms with Gasteiger partial charge in [0.05, 0.1) is 11.5 Å². The number of benzene rings is 1. The molecule has 1 atom stereocenters. The molecule has 1 amide bonds. The smallest absolute Gasteiger partial charge is 0.269 e. The molecule has 0 radical (unpaired) electrons. The first-order valence-corrected chi connectivity index (χ1v) is 10.1. The molecule has 1 aliphatic carbocycles. The van der Waals surface area contributed by atoms with Crippen LogP contribution in [0.4, 0.5) is 5.69 Å². The zero-order valence-electron chi connectivity index (χ0n) is 16.8. The van der Waals surface area contributed by atoms with Crippen molar-refractivity contribution in [3.63, 3.8) is 0 Å². The number of hydrogen-bond donors (Lipinski definition) is 2. The van der Waals surface area contributed by atoms with Gasteiger partial charge >= 0.3 is 0 Å². The Hall–Kier alpha value is -1.91. The van der Waals surface area contributed by atoms with Gasteiger partial charge in [-0.25, -0.2) is 4.99 Å². The number of amides is 1. The fourth-order valence-electron chi connectivity index (χ4n) is 3.92. The molecule has 2 fully saturated rings. The Morgan fingerprint density at radius 1 is 1.24 bits per heavy atom. The summed E-state index contributed by atoms with van der Waals surface area (Å²) < 4.78 is 0. The standard InChI is InChI=1S/C20H29N5O3.HI/c1-2-21-20(22-13-15-7-9-18(10-8-15)25(27)28)23-17-11-12-24(14-17)19(26)16-5-3-4-6-16;/h7-10,16-17H,2-6,11-14H2,1H3,(H2,21,22,23);1H. The number of nitrogens with zero attached hydrogens (tertiary/aromatic N) is 3. The van der Waals surface area contributed by atoms with Gasteiger partial charge in [-0.2, -0.15) is 0 Å². The first-order chi connectivity index (χ1) is 13.6. The summed E-state index contributed by atoms with van der Waals surface area (Å²) in [6.07, 6.45) is 5.33. The minimum Gasteiger partial charge on any atom is -0.357 e. The van der Waals surface area contributed by atoms with Crippen LogP contribution < -0.4 is 10.6 Å². The van der Waals surface area contributed by atoms with Gasteiger partial charge in [0.1, 0.15) is 0 Å². The number of nitrogens with one attached hydrogen (secondary N) is 2. The molecule has 1 heterocycles. The molecule has 1 aromatic rings. The van der Waals surface area contributed by atoms with E-state index in [4.69, 9.17) is 0 Å². The van der Waals surface area contributed by atoms with E-state index in [0.29, 0.717) is 18.4 Å². The predicted octanol–water partition coefficient (Wildman–Crippen LogP) is 3.06. The number of rotatable bonds is 6. The Bertz CT molecular complexity index is 719. The molecule has 1 aromatic carbocycles. The lowest BCUT2D eigenvalue weighted by Gasteiger charge is -2.21. The van der Waals surface area contributed by atoms with Crippen molar-refractivity contribution in [3.8, 4) is 0 Å². The third kappa shape index (κ3) is 6.55. The number of nitro benzene ring substituents is 1. The fraction of sp³-hybridized carbons (Fsp3) is 0.600. The van der Waals surface area contributed by atoms with Crippen LogP contribution in [0.2, 0.25) is 0 Å². The van der Waals surface area contributed by atoms with Crippen molar-refractivity contribution in [2.75, 3.05) is 19.6 Å². The van der Waals surface area contributed by atoms with Crippen LogP contribution in [0.15, 0.2) is 29.3 Å². The molecule has 9 heteroatoms. The van der Waals surface area contributed by atoms with E-state index in [2.05, 4.69) is 15.6 Å². The second kappa shape index (κ2) is 11.3. The Labute approximate surface area is 188 Å². The molecule has 0 aromatic heterocycles. The van der Waals surface area contributed by atoms with Gasteiger partial charge in [-0.1, -0.05) is 25.0 Å².